The van der Waals surface area contributed by atoms with Crippen LogP contribution in [0.2, 0.25) is 0 Å². The number of ether oxygens (including phenoxy) is 2. The summed E-state index contributed by atoms with van der Waals surface area (Å²) in [4.78, 5) is 25.0. The molecule has 6 rings (SSSR count). The van der Waals surface area contributed by atoms with E-state index in [1.165, 1.54) is 0 Å². The second-order valence-corrected chi connectivity index (χ2v) is 16.1. The first-order valence-electron chi connectivity index (χ1n) is 15.6. The Hall–Kier alpha value is -2.80. The number of esters is 2. The molecule has 4 atom stereocenters. The monoisotopic (exact) mass is 646 g/mol. The highest BCUT2D eigenvalue weighted by molar-refractivity contribution is 7.92. The molecule has 2 aromatic rings. The third-order valence-electron chi connectivity index (χ3n) is 8.67. The van der Waals surface area contributed by atoms with Crippen LogP contribution < -0.4 is 10.6 Å². The van der Waals surface area contributed by atoms with Crippen LogP contribution in [0.3, 0.4) is 0 Å². The molecule has 0 bridgehead atoms. The van der Waals surface area contributed by atoms with Gasteiger partial charge < -0.3 is 20.1 Å². The Bertz CT molecular complexity index is 1450. The molecule has 4 fully saturated rings. The molecule has 44 heavy (non-hydrogen) atoms. The van der Waals surface area contributed by atoms with Crippen molar-refractivity contribution in [2.45, 2.75) is 84.7 Å². The number of sulfone groups is 2. The van der Waals surface area contributed by atoms with Crippen LogP contribution in [0.4, 0.5) is 0 Å². The van der Waals surface area contributed by atoms with Crippen LogP contribution in [0.1, 0.15) is 75.6 Å². The number of rotatable bonds is 10. The van der Waals surface area contributed by atoms with E-state index in [0.717, 1.165) is 25.7 Å². The van der Waals surface area contributed by atoms with Crippen molar-refractivity contribution in [3.05, 3.63) is 59.7 Å². The van der Waals surface area contributed by atoms with Gasteiger partial charge in [-0.05, 0) is 88.7 Å². The molecule has 0 spiro atoms. The van der Waals surface area contributed by atoms with Crippen LogP contribution in [0, 0.1) is 11.8 Å². The first kappa shape index (κ1) is 32.6. The van der Waals surface area contributed by atoms with E-state index < -0.39 is 19.7 Å². The number of benzene rings is 2. The maximum atomic E-state index is 12.6. The Labute approximate surface area is 260 Å². The van der Waals surface area contributed by atoms with Gasteiger partial charge in [0.1, 0.15) is 0 Å². The van der Waals surface area contributed by atoms with Crippen molar-refractivity contribution < 1.29 is 35.9 Å². The molecule has 0 amide bonds. The fourth-order valence-electron chi connectivity index (χ4n) is 6.18. The number of nitrogens with one attached hydrogen (secondary N) is 2. The summed E-state index contributed by atoms with van der Waals surface area (Å²) in [5.74, 6) is -1.15. The lowest BCUT2D eigenvalue weighted by atomic mass is 9.94. The van der Waals surface area contributed by atoms with Crippen LogP contribution >= 0.6 is 0 Å². The maximum absolute atomic E-state index is 12.6. The van der Waals surface area contributed by atoms with E-state index in [1.54, 1.807) is 38.1 Å². The van der Waals surface area contributed by atoms with Crippen molar-refractivity contribution in [3.63, 3.8) is 0 Å². The summed E-state index contributed by atoms with van der Waals surface area (Å²) >= 11 is 0. The zero-order valence-corrected chi connectivity index (χ0v) is 26.9. The lowest BCUT2D eigenvalue weighted by Gasteiger charge is -2.21. The zero-order valence-electron chi connectivity index (χ0n) is 25.2. The van der Waals surface area contributed by atoms with Gasteiger partial charge in [0.2, 0.25) is 0 Å². The predicted octanol–water partition coefficient (Wildman–Crippen LogP) is 3.67. The standard InChI is InChI=1S/2C16H21NO4S/c2*1-2-21-16(18)13-9-10-17-15(13)12-5-3-4-6-14(12)22(19,20)11-7-8-11/h2*3-6,11,13,15,17H,2,7-10H2,1H3/t13-,15+;13-,15-/m10/s1. The predicted molar refractivity (Wildman–Crippen MR) is 164 cm³/mol. The minimum atomic E-state index is -3.29. The summed E-state index contributed by atoms with van der Waals surface area (Å²) in [7, 11) is -6.57. The molecule has 2 aromatic carbocycles. The number of hydrogen-bond acceptors (Lipinski definition) is 10. The lowest BCUT2D eigenvalue weighted by Crippen LogP contribution is -2.27. The Balaban J connectivity index is 0.000000175. The third kappa shape index (κ3) is 6.88. The first-order chi connectivity index (χ1) is 21.1. The smallest absolute Gasteiger partial charge is 0.310 e. The van der Waals surface area contributed by atoms with Crippen LogP contribution in [0.25, 0.3) is 0 Å². The highest BCUT2D eigenvalue weighted by atomic mass is 32.2. The minimum Gasteiger partial charge on any atom is -0.466 e. The normalized spacial score (nSPS) is 25.1. The lowest BCUT2D eigenvalue weighted by molar-refractivity contribution is -0.149. The van der Waals surface area contributed by atoms with E-state index in [4.69, 9.17) is 9.47 Å². The molecule has 2 aliphatic heterocycles. The summed E-state index contributed by atoms with van der Waals surface area (Å²) in [6, 6.07) is 13.5. The van der Waals surface area contributed by atoms with Gasteiger partial charge in [-0.2, -0.15) is 0 Å². The second kappa shape index (κ2) is 13.7. The highest BCUT2D eigenvalue weighted by Crippen LogP contribution is 2.41. The molecule has 0 aromatic heterocycles. The van der Waals surface area contributed by atoms with Crippen LogP contribution in [0.5, 0.6) is 0 Å². The zero-order chi connectivity index (χ0) is 31.5. The third-order valence-corrected chi connectivity index (χ3v) is 13.3. The summed E-state index contributed by atoms with van der Waals surface area (Å²) in [5.41, 5.74) is 1.40. The molecule has 0 unspecified atom stereocenters. The molecule has 2 N–H and O–H groups in total. The summed E-state index contributed by atoms with van der Waals surface area (Å²) in [6.45, 7) is 5.60. The summed E-state index contributed by atoms with van der Waals surface area (Å²) in [6.07, 6.45) is 4.26. The Morgan fingerprint density at radius 1 is 0.636 bits per heavy atom. The van der Waals surface area contributed by atoms with Crippen LogP contribution in [-0.2, 0) is 38.7 Å². The average Bonchev–Trinajstić information content (AvgIpc) is 3.95. The van der Waals surface area contributed by atoms with Gasteiger partial charge in [-0.25, -0.2) is 16.8 Å². The second-order valence-electron chi connectivity index (χ2n) is 11.7. The van der Waals surface area contributed by atoms with Crippen molar-refractivity contribution in [2.24, 2.45) is 11.8 Å². The molecule has 0 radical (unpaired) electrons. The van der Waals surface area contributed by atoms with Gasteiger partial charge in [0.05, 0.1) is 45.3 Å². The van der Waals surface area contributed by atoms with Crippen molar-refractivity contribution >= 4 is 31.6 Å². The van der Waals surface area contributed by atoms with Crippen molar-refractivity contribution in [1.82, 2.24) is 10.6 Å². The molecular weight excluding hydrogens is 604 g/mol. The Kier molecular flexibility index (Phi) is 10.1. The van der Waals surface area contributed by atoms with Crippen molar-refractivity contribution in [1.29, 1.82) is 0 Å². The van der Waals surface area contributed by atoms with Gasteiger partial charge in [0, 0.05) is 12.1 Å². The maximum Gasteiger partial charge on any atom is 0.310 e. The fourth-order valence-corrected chi connectivity index (χ4v) is 9.99. The van der Waals surface area contributed by atoms with E-state index in [1.807, 2.05) is 24.3 Å². The molecule has 12 heteroatoms. The first-order valence-corrected chi connectivity index (χ1v) is 18.7. The SMILES string of the molecule is CCOC(=O)[C@@H]1CCN[C@H]1c1ccccc1S(=O)(=O)C1CC1.CCOC(=O)[C@H]1CCN[C@H]1c1ccccc1S(=O)(=O)C1CC1. The largest absolute Gasteiger partial charge is 0.466 e. The molecule has 2 aliphatic carbocycles. The highest BCUT2D eigenvalue weighted by Gasteiger charge is 2.43. The minimum absolute atomic E-state index is 0.254. The van der Waals surface area contributed by atoms with E-state index in [0.29, 0.717) is 60.1 Å². The number of carbonyl (C=O) groups excluding carboxylic acids is 2. The quantitative estimate of drug-likeness (QED) is 0.367. The summed E-state index contributed by atoms with van der Waals surface area (Å²) in [5, 5.41) is 6.03. The fraction of sp³-hybridized carbons (Fsp3) is 0.562. The molecule has 10 nitrogen and oxygen atoms in total. The van der Waals surface area contributed by atoms with E-state index >= 15 is 0 Å². The molecule has 2 saturated carbocycles. The number of hydrogen-bond donors (Lipinski definition) is 2. The summed E-state index contributed by atoms with van der Waals surface area (Å²) < 4.78 is 60.8. The van der Waals surface area contributed by atoms with E-state index in [9.17, 15) is 26.4 Å². The van der Waals surface area contributed by atoms with Gasteiger partial charge in [-0.15, -0.1) is 0 Å². The van der Waals surface area contributed by atoms with Crippen molar-refractivity contribution in [2.75, 3.05) is 26.3 Å². The van der Waals surface area contributed by atoms with Gasteiger partial charge >= 0.3 is 11.9 Å². The van der Waals surface area contributed by atoms with Gasteiger partial charge in [0.25, 0.3) is 0 Å². The van der Waals surface area contributed by atoms with Crippen LogP contribution in [0.15, 0.2) is 58.3 Å². The van der Waals surface area contributed by atoms with Gasteiger partial charge in [0.15, 0.2) is 19.7 Å². The molecule has 2 saturated heterocycles. The molecule has 240 valence electrons. The van der Waals surface area contributed by atoms with E-state index in [2.05, 4.69) is 10.6 Å². The topological polar surface area (TPSA) is 145 Å². The van der Waals surface area contributed by atoms with E-state index in [-0.39, 0.29) is 46.4 Å². The van der Waals surface area contributed by atoms with Crippen LogP contribution in [-0.4, -0.2) is 65.6 Å². The Morgan fingerprint density at radius 3 is 1.34 bits per heavy atom. The number of carbonyl (C=O) groups is 2. The van der Waals surface area contributed by atoms with Gasteiger partial charge in [-0.1, -0.05) is 36.4 Å². The Morgan fingerprint density at radius 2 is 1.00 bits per heavy atom. The van der Waals surface area contributed by atoms with Gasteiger partial charge in [-0.3, -0.25) is 9.59 Å². The molecule has 4 aliphatic rings. The van der Waals surface area contributed by atoms with Crippen molar-refractivity contribution in [3.8, 4) is 0 Å². The molecule has 2 heterocycles. The molecular formula is C32H42N2O8S2. The average molecular weight is 647 g/mol.